The van der Waals surface area contributed by atoms with Crippen LogP contribution in [0.1, 0.15) is 45.4 Å². The zero-order valence-electron chi connectivity index (χ0n) is 17.4. The van der Waals surface area contributed by atoms with Gasteiger partial charge in [-0.15, -0.1) is 0 Å². The molecule has 1 aliphatic carbocycles. The molecule has 4 rings (SSSR count). The van der Waals surface area contributed by atoms with E-state index in [1.165, 1.54) is 12.1 Å². The lowest BCUT2D eigenvalue weighted by atomic mass is 9.86. The number of halogens is 1. The van der Waals surface area contributed by atoms with Gasteiger partial charge in [0.15, 0.2) is 11.5 Å². The lowest BCUT2D eigenvalue weighted by molar-refractivity contribution is 0.288. The van der Waals surface area contributed by atoms with Crippen molar-refractivity contribution >= 4 is 28.5 Å². The zero-order valence-corrected chi connectivity index (χ0v) is 17.4. The molecule has 7 nitrogen and oxygen atoms in total. The van der Waals surface area contributed by atoms with Gasteiger partial charge in [-0.1, -0.05) is 13.3 Å². The van der Waals surface area contributed by atoms with Gasteiger partial charge < -0.3 is 16.4 Å². The van der Waals surface area contributed by atoms with Crippen LogP contribution in [0.3, 0.4) is 0 Å². The summed E-state index contributed by atoms with van der Waals surface area (Å²) in [5.41, 5.74) is 7.65. The number of aromatic nitrogens is 4. The Labute approximate surface area is 176 Å². The molecule has 4 N–H and O–H groups in total. The van der Waals surface area contributed by atoms with Gasteiger partial charge in [-0.2, -0.15) is 10.1 Å². The largest absolute Gasteiger partial charge is 0.354 e. The van der Waals surface area contributed by atoms with Crippen LogP contribution in [0.2, 0.25) is 0 Å². The minimum atomic E-state index is -0.266. The minimum absolute atomic E-state index is 0.266. The summed E-state index contributed by atoms with van der Waals surface area (Å²) in [6.07, 6.45) is 8.32. The fourth-order valence-corrected chi connectivity index (χ4v) is 3.93. The highest BCUT2D eigenvalue weighted by molar-refractivity contribution is 5.89. The summed E-state index contributed by atoms with van der Waals surface area (Å²) >= 11 is 0. The van der Waals surface area contributed by atoms with Crippen LogP contribution in [0.5, 0.6) is 0 Å². The van der Waals surface area contributed by atoms with E-state index >= 15 is 0 Å². The Bertz CT molecular complexity index is 962. The number of rotatable bonds is 8. The van der Waals surface area contributed by atoms with E-state index in [1.54, 1.807) is 12.1 Å². The molecule has 0 spiro atoms. The van der Waals surface area contributed by atoms with Crippen molar-refractivity contribution in [2.75, 3.05) is 17.2 Å². The van der Waals surface area contributed by atoms with Gasteiger partial charge >= 0.3 is 0 Å². The number of benzene rings is 1. The first-order chi connectivity index (χ1) is 14.6. The third-order valence-electron chi connectivity index (χ3n) is 5.73. The van der Waals surface area contributed by atoms with Crippen LogP contribution in [-0.2, 0) is 6.54 Å². The second kappa shape index (κ2) is 9.38. The number of hydrogen-bond acceptors (Lipinski definition) is 6. The molecule has 0 bridgehead atoms. The van der Waals surface area contributed by atoms with E-state index in [-0.39, 0.29) is 5.82 Å². The van der Waals surface area contributed by atoms with Crippen LogP contribution in [0.4, 0.5) is 21.8 Å². The molecule has 2 heterocycles. The average Bonchev–Trinajstić information content (AvgIpc) is 3.08. The number of nitrogens with zero attached hydrogens (tertiary/aromatic N) is 4. The van der Waals surface area contributed by atoms with E-state index in [0.29, 0.717) is 23.7 Å². The summed E-state index contributed by atoms with van der Waals surface area (Å²) in [5, 5.41) is 12.3. The van der Waals surface area contributed by atoms with Gasteiger partial charge in [0, 0.05) is 31.0 Å². The molecule has 2 aromatic heterocycles. The van der Waals surface area contributed by atoms with E-state index in [9.17, 15) is 4.39 Å². The lowest BCUT2D eigenvalue weighted by Crippen LogP contribution is -2.28. The number of nitrogens with one attached hydrogen (secondary N) is 2. The molecule has 0 saturated heterocycles. The van der Waals surface area contributed by atoms with Gasteiger partial charge in [-0.05, 0) is 62.3 Å². The van der Waals surface area contributed by atoms with Gasteiger partial charge in [0.2, 0.25) is 5.95 Å². The Balaban J connectivity index is 1.62. The van der Waals surface area contributed by atoms with Crippen molar-refractivity contribution in [2.24, 2.45) is 11.7 Å². The Kier molecular flexibility index (Phi) is 6.42. The third-order valence-corrected chi connectivity index (χ3v) is 5.73. The molecule has 0 amide bonds. The summed E-state index contributed by atoms with van der Waals surface area (Å²) in [5.74, 6) is 1.58. The predicted octanol–water partition coefficient (Wildman–Crippen LogP) is 4.44. The summed E-state index contributed by atoms with van der Waals surface area (Å²) < 4.78 is 15.2. The topological polar surface area (TPSA) is 93.7 Å². The maximum atomic E-state index is 13.3. The molecule has 160 valence electrons. The van der Waals surface area contributed by atoms with E-state index in [1.807, 2.05) is 10.9 Å². The fourth-order valence-electron chi connectivity index (χ4n) is 3.93. The molecule has 1 aliphatic rings. The lowest BCUT2D eigenvalue weighted by Gasteiger charge is -2.25. The maximum Gasteiger partial charge on any atom is 0.224 e. The normalized spacial score (nSPS) is 19.2. The highest BCUT2D eigenvalue weighted by atomic mass is 19.1. The molecular formula is C22H30FN7. The number of hydrogen-bond donors (Lipinski definition) is 3. The number of anilines is 3. The summed E-state index contributed by atoms with van der Waals surface area (Å²) in [4.78, 5) is 9.23. The third kappa shape index (κ3) is 4.87. The number of nitrogens with two attached hydrogens (primary N) is 1. The average molecular weight is 412 g/mol. The second-order valence-electron chi connectivity index (χ2n) is 8.15. The standard InChI is InChI=1S/C22H30FN7/c1-2-3-12-25-22-26-13-19-20(27-18-10-6-16(23)7-11-18)29-30(21(19)28-22)14-15-4-8-17(24)9-5-15/h6-7,10-11,13,15,17H,2-5,8-9,12,14,24H2,1H3,(H,27,29)(H,25,26,28). The van der Waals surface area contributed by atoms with Crippen molar-refractivity contribution in [3.05, 3.63) is 36.3 Å². The van der Waals surface area contributed by atoms with Gasteiger partial charge in [-0.25, -0.2) is 14.1 Å². The molecule has 1 aromatic carbocycles. The highest BCUT2D eigenvalue weighted by Gasteiger charge is 2.22. The Morgan fingerprint density at radius 3 is 2.67 bits per heavy atom. The van der Waals surface area contributed by atoms with Gasteiger partial charge in [-0.3, -0.25) is 0 Å². The molecule has 0 atom stereocenters. The van der Waals surface area contributed by atoms with Crippen molar-refractivity contribution in [3.63, 3.8) is 0 Å². The summed E-state index contributed by atoms with van der Waals surface area (Å²) in [7, 11) is 0. The van der Waals surface area contributed by atoms with Crippen molar-refractivity contribution in [1.82, 2.24) is 19.7 Å². The van der Waals surface area contributed by atoms with Crippen molar-refractivity contribution in [3.8, 4) is 0 Å². The molecule has 1 saturated carbocycles. The smallest absolute Gasteiger partial charge is 0.224 e. The Morgan fingerprint density at radius 1 is 1.17 bits per heavy atom. The fraction of sp³-hybridized carbons (Fsp3) is 0.500. The molecule has 0 aliphatic heterocycles. The molecular weight excluding hydrogens is 381 g/mol. The van der Waals surface area contributed by atoms with Crippen LogP contribution < -0.4 is 16.4 Å². The maximum absolute atomic E-state index is 13.3. The van der Waals surface area contributed by atoms with Gasteiger partial charge in [0.25, 0.3) is 0 Å². The summed E-state index contributed by atoms with van der Waals surface area (Å²) in [6, 6.07) is 6.58. The summed E-state index contributed by atoms with van der Waals surface area (Å²) in [6.45, 7) is 3.81. The minimum Gasteiger partial charge on any atom is -0.354 e. The van der Waals surface area contributed by atoms with E-state index in [2.05, 4.69) is 22.5 Å². The molecule has 0 unspecified atom stereocenters. The molecule has 8 heteroatoms. The van der Waals surface area contributed by atoms with E-state index in [4.69, 9.17) is 15.8 Å². The van der Waals surface area contributed by atoms with Crippen LogP contribution in [0.25, 0.3) is 11.0 Å². The molecule has 30 heavy (non-hydrogen) atoms. The molecule has 1 fully saturated rings. The Hall–Kier alpha value is -2.74. The van der Waals surface area contributed by atoms with Crippen LogP contribution in [-0.4, -0.2) is 32.3 Å². The zero-order chi connectivity index (χ0) is 20.9. The first-order valence-corrected chi connectivity index (χ1v) is 10.9. The monoisotopic (exact) mass is 411 g/mol. The number of fused-ring (bicyclic) bond motifs is 1. The van der Waals surface area contributed by atoms with Crippen molar-refractivity contribution in [2.45, 2.75) is 58.0 Å². The van der Waals surface area contributed by atoms with Crippen molar-refractivity contribution in [1.29, 1.82) is 0 Å². The highest BCUT2D eigenvalue weighted by Crippen LogP contribution is 2.29. The van der Waals surface area contributed by atoms with Crippen LogP contribution in [0.15, 0.2) is 30.5 Å². The van der Waals surface area contributed by atoms with E-state index < -0.39 is 0 Å². The van der Waals surface area contributed by atoms with E-state index in [0.717, 1.165) is 68.3 Å². The van der Waals surface area contributed by atoms with Crippen LogP contribution in [0, 0.1) is 11.7 Å². The predicted molar refractivity (Wildman–Crippen MR) is 118 cm³/mol. The Morgan fingerprint density at radius 2 is 1.93 bits per heavy atom. The molecule has 0 radical (unpaired) electrons. The molecule has 3 aromatic rings. The number of unbranched alkanes of at least 4 members (excludes halogenated alkanes) is 1. The van der Waals surface area contributed by atoms with Crippen LogP contribution >= 0.6 is 0 Å². The first-order valence-electron chi connectivity index (χ1n) is 10.9. The SMILES string of the molecule is CCCCNc1ncc2c(Nc3ccc(F)cc3)nn(CC3CCC(N)CC3)c2n1. The van der Waals surface area contributed by atoms with Gasteiger partial charge in [0.1, 0.15) is 5.82 Å². The second-order valence-corrected chi connectivity index (χ2v) is 8.15. The van der Waals surface area contributed by atoms with Crippen molar-refractivity contribution < 1.29 is 4.39 Å². The first kappa shape index (κ1) is 20.5. The quantitative estimate of drug-likeness (QED) is 0.475. The van der Waals surface area contributed by atoms with Gasteiger partial charge in [0.05, 0.1) is 5.39 Å².